The van der Waals surface area contributed by atoms with Crippen molar-refractivity contribution in [2.75, 3.05) is 5.32 Å². The summed E-state index contributed by atoms with van der Waals surface area (Å²) >= 11 is 0. The van der Waals surface area contributed by atoms with Crippen molar-refractivity contribution in [2.24, 2.45) is 0 Å². The molecule has 2 heterocycles. The van der Waals surface area contributed by atoms with E-state index in [9.17, 15) is 4.79 Å². The quantitative estimate of drug-likeness (QED) is 0.603. The van der Waals surface area contributed by atoms with Crippen molar-refractivity contribution in [3.63, 3.8) is 0 Å². The molecule has 4 aromatic rings. The van der Waals surface area contributed by atoms with Gasteiger partial charge in [0.15, 0.2) is 0 Å². The van der Waals surface area contributed by atoms with Crippen LogP contribution in [0, 0.1) is 13.8 Å². The number of carbonyl (C=O) groups is 1. The highest BCUT2D eigenvalue weighted by molar-refractivity contribution is 6.06. The molecule has 0 aliphatic carbocycles. The topological polar surface area (TPSA) is 88.5 Å². The van der Waals surface area contributed by atoms with E-state index in [0.29, 0.717) is 11.4 Å². The third-order valence-corrected chi connectivity index (χ3v) is 4.07. The van der Waals surface area contributed by atoms with E-state index >= 15 is 0 Å². The summed E-state index contributed by atoms with van der Waals surface area (Å²) in [6.45, 7) is 3.97. The molecule has 0 aliphatic rings. The Labute approximate surface area is 143 Å². The van der Waals surface area contributed by atoms with Crippen LogP contribution in [-0.4, -0.2) is 31.1 Å². The van der Waals surface area contributed by atoms with Crippen LogP contribution < -0.4 is 5.32 Å². The molecule has 2 N–H and O–H groups in total. The molecular weight excluding hydrogens is 316 g/mol. The number of carbonyl (C=O) groups excluding carboxylic acids is 1. The molecule has 0 radical (unpaired) electrons. The van der Waals surface area contributed by atoms with Crippen molar-refractivity contribution in [1.82, 2.24) is 25.2 Å². The summed E-state index contributed by atoms with van der Waals surface area (Å²) in [7, 11) is 0. The predicted molar refractivity (Wildman–Crippen MR) is 94.9 cm³/mol. The van der Waals surface area contributed by atoms with E-state index in [1.807, 2.05) is 56.3 Å². The van der Waals surface area contributed by atoms with Crippen LogP contribution in [0.5, 0.6) is 0 Å². The number of nitrogens with zero attached hydrogens (tertiary/aromatic N) is 4. The summed E-state index contributed by atoms with van der Waals surface area (Å²) in [5, 5.41) is 15.1. The fraction of sp³-hybridized carbons (Fsp3) is 0.111. The molecule has 0 aliphatic heterocycles. The Hall–Kier alpha value is -3.48. The van der Waals surface area contributed by atoms with Gasteiger partial charge < -0.3 is 10.3 Å². The average Bonchev–Trinajstić information content (AvgIpc) is 3.23. The van der Waals surface area contributed by atoms with E-state index < -0.39 is 0 Å². The van der Waals surface area contributed by atoms with Gasteiger partial charge in [0.05, 0.1) is 5.69 Å². The second-order valence-electron chi connectivity index (χ2n) is 5.98. The lowest BCUT2D eigenvalue weighted by Gasteiger charge is -2.08. The summed E-state index contributed by atoms with van der Waals surface area (Å²) in [4.78, 5) is 15.7. The van der Waals surface area contributed by atoms with E-state index in [2.05, 4.69) is 25.8 Å². The largest absolute Gasteiger partial charge is 0.351 e. The first-order valence-corrected chi connectivity index (χ1v) is 7.85. The first kappa shape index (κ1) is 15.1. The lowest BCUT2D eigenvalue weighted by molar-refractivity contribution is 0.102. The van der Waals surface area contributed by atoms with Gasteiger partial charge in [-0.1, -0.05) is 12.1 Å². The van der Waals surface area contributed by atoms with Gasteiger partial charge in [0.2, 0.25) is 0 Å². The Kier molecular flexibility index (Phi) is 3.53. The maximum Gasteiger partial charge on any atom is 0.272 e. The first-order valence-electron chi connectivity index (χ1n) is 7.85. The highest BCUT2D eigenvalue weighted by atomic mass is 16.1. The zero-order valence-electron chi connectivity index (χ0n) is 13.8. The molecule has 0 spiro atoms. The van der Waals surface area contributed by atoms with Crippen LogP contribution in [0.2, 0.25) is 0 Å². The number of benzene rings is 2. The lowest BCUT2D eigenvalue weighted by Crippen LogP contribution is -2.12. The molecule has 7 nitrogen and oxygen atoms in total. The van der Waals surface area contributed by atoms with E-state index in [1.165, 1.54) is 6.33 Å². The van der Waals surface area contributed by atoms with Gasteiger partial charge in [-0.3, -0.25) is 4.79 Å². The molecule has 2 aromatic heterocycles. The van der Waals surface area contributed by atoms with E-state index in [0.717, 1.165) is 27.7 Å². The zero-order chi connectivity index (χ0) is 17.4. The highest BCUT2D eigenvalue weighted by Gasteiger charge is 2.11. The van der Waals surface area contributed by atoms with Gasteiger partial charge in [-0.05, 0) is 65.7 Å². The van der Waals surface area contributed by atoms with Crippen LogP contribution in [0.3, 0.4) is 0 Å². The predicted octanol–water partition coefficient (Wildman–Crippen LogP) is 3.01. The molecule has 7 heteroatoms. The number of fused-ring (bicyclic) bond motifs is 1. The summed E-state index contributed by atoms with van der Waals surface area (Å²) in [6.07, 6.45) is 1.53. The lowest BCUT2D eigenvalue weighted by atomic mass is 10.1. The third kappa shape index (κ3) is 2.87. The smallest absolute Gasteiger partial charge is 0.272 e. The molecule has 0 fully saturated rings. The fourth-order valence-electron chi connectivity index (χ4n) is 2.82. The number of anilines is 1. The fourth-order valence-corrected chi connectivity index (χ4v) is 2.82. The summed E-state index contributed by atoms with van der Waals surface area (Å²) in [6, 6.07) is 13.5. The van der Waals surface area contributed by atoms with Gasteiger partial charge in [0.1, 0.15) is 12.0 Å². The van der Waals surface area contributed by atoms with E-state index in [4.69, 9.17) is 0 Å². The number of amides is 1. The van der Waals surface area contributed by atoms with Crippen molar-refractivity contribution in [3.8, 4) is 5.69 Å². The number of rotatable bonds is 3. The number of nitrogens with one attached hydrogen (secondary N) is 2. The van der Waals surface area contributed by atoms with Crippen molar-refractivity contribution in [1.29, 1.82) is 0 Å². The molecule has 0 bridgehead atoms. The molecule has 4 rings (SSSR count). The minimum atomic E-state index is -0.177. The number of tetrazole rings is 1. The number of H-pyrrole nitrogens is 1. The molecule has 0 saturated carbocycles. The third-order valence-electron chi connectivity index (χ3n) is 4.07. The highest BCUT2D eigenvalue weighted by Crippen LogP contribution is 2.20. The van der Waals surface area contributed by atoms with Gasteiger partial charge in [0.25, 0.3) is 5.91 Å². The van der Waals surface area contributed by atoms with Crippen LogP contribution in [0.15, 0.2) is 48.8 Å². The van der Waals surface area contributed by atoms with Crippen molar-refractivity contribution in [3.05, 3.63) is 65.6 Å². The van der Waals surface area contributed by atoms with Gasteiger partial charge in [-0.15, -0.1) is 5.10 Å². The number of aromatic amines is 1. The average molecular weight is 332 g/mol. The number of aromatic nitrogens is 5. The second-order valence-corrected chi connectivity index (χ2v) is 5.98. The maximum absolute atomic E-state index is 12.5. The molecule has 0 unspecified atom stereocenters. The Bertz CT molecular complexity index is 1060. The molecule has 25 heavy (non-hydrogen) atoms. The monoisotopic (exact) mass is 332 g/mol. The van der Waals surface area contributed by atoms with E-state index in [1.54, 1.807) is 4.68 Å². The van der Waals surface area contributed by atoms with Crippen LogP contribution in [0.1, 0.15) is 21.6 Å². The van der Waals surface area contributed by atoms with Gasteiger partial charge in [-0.2, -0.15) is 0 Å². The minimum Gasteiger partial charge on any atom is -0.351 e. The Morgan fingerprint density at radius 2 is 2.00 bits per heavy atom. The molecule has 0 saturated heterocycles. The van der Waals surface area contributed by atoms with Crippen LogP contribution >= 0.6 is 0 Å². The molecule has 0 atom stereocenters. The second kappa shape index (κ2) is 5.86. The molecule has 1 amide bonds. The molecule has 2 aromatic carbocycles. The number of hydrogen-bond donors (Lipinski definition) is 2. The van der Waals surface area contributed by atoms with Crippen molar-refractivity contribution >= 4 is 22.5 Å². The Morgan fingerprint density at radius 3 is 2.76 bits per heavy atom. The first-order chi connectivity index (χ1) is 12.1. The summed E-state index contributed by atoms with van der Waals surface area (Å²) in [5.74, 6) is -0.177. The summed E-state index contributed by atoms with van der Waals surface area (Å²) in [5.41, 5.74) is 5.17. The van der Waals surface area contributed by atoms with Gasteiger partial charge in [0, 0.05) is 16.6 Å². The van der Waals surface area contributed by atoms with Crippen LogP contribution in [0.25, 0.3) is 16.6 Å². The number of aryl methyl sites for hydroxylation is 2. The SMILES string of the molecule is Cc1ccc2cc(C(=O)Nc3ccc(-n4cnnn4)c(C)c3)[nH]c2c1. The number of hydrogen-bond acceptors (Lipinski definition) is 4. The Balaban J connectivity index is 1.58. The van der Waals surface area contributed by atoms with Gasteiger partial charge in [-0.25, -0.2) is 4.68 Å². The van der Waals surface area contributed by atoms with Crippen LogP contribution in [-0.2, 0) is 0 Å². The van der Waals surface area contributed by atoms with E-state index in [-0.39, 0.29) is 5.91 Å². The van der Waals surface area contributed by atoms with Crippen molar-refractivity contribution in [2.45, 2.75) is 13.8 Å². The standard InChI is InChI=1S/C18H16N6O/c1-11-3-4-13-9-16(21-15(13)7-11)18(25)20-14-5-6-17(12(2)8-14)24-10-19-22-23-24/h3-10,21H,1-2H3,(H,20,25). The van der Waals surface area contributed by atoms with Crippen LogP contribution in [0.4, 0.5) is 5.69 Å². The molecule has 124 valence electrons. The Morgan fingerprint density at radius 1 is 1.12 bits per heavy atom. The molecular formula is C18H16N6O. The van der Waals surface area contributed by atoms with Gasteiger partial charge >= 0.3 is 0 Å². The summed E-state index contributed by atoms with van der Waals surface area (Å²) < 4.78 is 1.58. The normalized spacial score (nSPS) is 11.0. The van der Waals surface area contributed by atoms with Crippen molar-refractivity contribution < 1.29 is 4.79 Å². The minimum absolute atomic E-state index is 0.177. The zero-order valence-corrected chi connectivity index (χ0v) is 13.8. The maximum atomic E-state index is 12.5.